The van der Waals surface area contributed by atoms with E-state index in [2.05, 4.69) is 4.90 Å². The van der Waals surface area contributed by atoms with Crippen molar-refractivity contribution in [3.63, 3.8) is 0 Å². The van der Waals surface area contributed by atoms with Crippen molar-refractivity contribution in [2.75, 3.05) is 19.9 Å². The summed E-state index contributed by atoms with van der Waals surface area (Å²) >= 11 is 0. The zero-order chi connectivity index (χ0) is 39.6. The molecule has 4 aromatic rings. The molecule has 1 heterocycles. The van der Waals surface area contributed by atoms with E-state index in [1.54, 1.807) is 39.5 Å². The average molecular weight is 761 g/mol. The maximum atomic E-state index is 14.9. The summed E-state index contributed by atoms with van der Waals surface area (Å²) in [6.07, 6.45) is -2.10. The molecular formula is C45H55F3N2O5. The predicted octanol–water partition coefficient (Wildman–Crippen LogP) is 9.53. The average Bonchev–Trinajstić information content (AvgIpc) is 3.14. The molecule has 10 heteroatoms. The first-order valence-corrected chi connectivity index (χ1v) is 18.9. The lowest BCUT2D eigenvalue weighted by Gasteiger charge is -2.50. The maximum absolute atomic E-state index is 14.9. The van der Waals surface area contributed by atoms with E-state index in [0.29, 0.717) is 18.7 Å². The Morgan fingerprint density at radius 1 is 0.818 bits per heavy atom. The number of halogens is 3. The SMILES string of the molecule is CC1C(OCC(C)(C)CF)OCC(C(OCc2ccccc2)C(Cc2cc(F)cc(F)c2)N(Cc2ccccc2)Cc2ccccc2)N1C(=O)OC(C)(C)C. The van der Waals surface area contributed by atoms with Crippen molar-refractivity contribution < 1.29 is 36.9 Å². The lowest BCUT2D eigenvalue weighted by atomic mass is 9.91. The molecule has 1 aliphatic rings. The number of rotatable bonds is 16. The third kappa shape index (κ3) is 12.4. The zero-order valence-electron chi connectivity index (χ0n) is 32.8. The molecular weight excluding hydrogens is 705 g/mol. The van der Waals surface area contributed by atoms with Gasteiger partial charge in [-0.1, -0.05) is 105 Å². The molecule has 1 fully saturated rings. The fourth-order valence-electron chi connectivity index (χ4n) is 6.84. The highest BCUT2D eigenvalue weighted by Crippen LogP contribution is 2.33. The summed E-state index contributed by atoms with van der Waals surface area (Å²) in [5.74, 6) is -1.37. The molecule has 0 bridgehead atoms. The van der Waals surface area contributed by atoms with Gasteiger partial charge in [0.25, 0.3) is 0 Å². The lowest BCUT2D eigenvalue weighted by molar-refractivity contribution is -0.240. The summed E-state index contributed by atoms with van der Waals surface area (Å²) in [4.78, 5) is 18.3. The van der Waals surface area contributed by atoms with Crippen LogP contribution in [0.25, 0.3) is 0 Å². The van der Waals surface area contributed by atoms with Gasteiger partial charge in [-0.05, 0) is 68.5 Å². The summed E-state index contributed by atoms with van der Waals surface area (Å²) in [5, 5.41) is 0. The zero-order valence-corrected chi connectivity index (χ0v) is 32.8. The Morgan fingerprint density at radius 3 is 1.85 bits per heavy atom. The highest BCUT2D eigenvalue weighted by molar-refractivity contribution is 5.69. The van der Waals surface area contributed by atoms with Crippen molar-refractivity contribution in [1.82, 2.24) is 9.80 Å². The molecule has 1 saturated heterocycles. The summed E-state index contributed by atoms with van der Waals surface area (Å²) in [6.45, 7) is 11.3. The van der Waals surface area contributed by atoms with Gasteiger partial charge in [0.2, 0.25) is 0 Å². The smallest absolute Gasteiger partial charge is 0.411 e. The monoisotopic (exact) mass is 760 g/mol. The van der Waals surface area contributed by atoms with Crippen molar-refractivity contribution in [3.8, 4) is 0 Å². The highest BCUT2D eigenvalue weighted by Gasteiger charge is 2.48. The molecule has 0 radical (unpaired) electrons. The topological polar surface area (TPSA) is 60.5 Å². The lowest BCUT2D eigenvalue weighted by Crippen LogP contribution is -2.66. The minimum atomic E-state index is -0.884. The molecule has 1 amide bonds. The van der Waals surface area contributed by atoms with E-state index >= 15 is 0 Å². The van der Waals surface area contributed by atoms with E-state index in [4.69, 9.17) is 18.9 Å². The number of hydrogen-bond acceptors (Lipinski definition) is 6. The molecule has 1 aliphatic heterocycles. The van der Waals surface area contributed by atoms with Crippen LogP contribution in [0.2, 0.25) is 0 Å². The Labute approximate surface area is 324 Å². The third-order valence-electron chi connectivity index (χ3n) is 9.56. The van der Waals surface area contributed by atoms with E-state index in [-0.39, 0.29) is 26.2 Å². The quantitative estimate of drug-likeness (QED) is 0.113. The van der Waals surface area contributed by atoms with Crippen LogP contribution in [0.3, 0.4) is 0 Å². The van der Waals surface area contributed by atoms with Gasteiger partial charge in [0.1, 0.15) is 17.2 Å². The summed E-state index contributed by atoms with van der Waals surface area (Å²) in [7, 11) is 0. The summed E-state index contributed by atoms with van der Waals surface area (Å²) in [6, 6.07) is 31.2. The Bertz CT molecular complexity index is 1710. The first-order valence-electron chi connectivity index (χ1n) is 18.9. The molecule has 0 aliphatic carbocycles. The van der Waals surface area contributed by atoms with Crippen LogP contribution in [0, 0.1) is 17.0 Å². The molecule has 0 spiro atoms. The second-order valence-electron chi connectivity index (χ2n) is 16.2. The van der Waals surface area contributed by atoms with Gasteiger partial charge in [-0.15, -0.1) is 0 Å². The van der Waals surface area contributed by atoms with E-state index in [1.807, 2.05) is 97.9 Å². The number of carbonyl (C=O) groups excluding carboxylic acids is 1. The third-order valence-corrected chi connectivity index (χ3v) is 9.56. The molecule has 0 saturated carbocycles. The molecule has 296 valence electrons. The Morgan fingerprint density at radius 2 is 1.35 bits per heavy atom. The van der Waals surface area contributed by atoms with Gasteiger partial charge in [0.05, 0.1) is 44.7 Å². The van der Waals surface area contributed by atoms with Crippen LogP contribution in [-0.2, 0) is 45.1 Å². The van der Waals surface area contributed by atoms with Gasteiger partial charge in [-0.25, -0.2) is 13.6 Å². The fraction of sp³-hybridized carbons (Fsp3) is 0.444. The van der Waals surface area contributed by atoms with Gasteiger partial charge in [0, 0.05) is 30.6 Å². The van der Waals surface area contributed by atoms with Crippen LogP contribution in [0.4, 0.5) is 18.0 Å². The van der Waals surface area contributed by atoms with Gasteiger partial charge in [-0.2, -0.15) is 0 Å². The number of nitrogens with zero attached hydrogens (tertiary/aromatic N) is 2. The van der Waals surface area contributed by atoms with Crippen LogP contribution in [0.1, 0.15) is 63.8 Å². The standard InChI is InChI=1S/C45H55F3N2O5/c1-32-42(54-31-45(5,6)30-46)53-29-40(50(32)43(51)55-44(2,3)4)41(52-28-35-20-14-9-15-21-35)39(24-36-22-37(47)25-38(48)23-36)49(26-33-16-10-7-11-17-33)27-34-18-12-8-13-19-34/h7-23,25,32,39-42H,24,26-31H2,1-6H3. The second kappa shape index (κ2) is 19.1. The summed E-state index contributed by atoms with van der Waals surface area (Å²) < 4.78 is 69.2. The van der Waals surface area contributed by atoms with E-state index in [0.717, 1.165) is 22.8 Å². The van der Waals surface area contributed by atoms with Crippen LogP contribution < -0.4 is 0 Å². The number of benzene rings is 4. The Balaban J connectivity index is 1.65. The van der Waals surface area contributed by atoms with E-state index in [1.165, 1.54) is 12.1 Å². The number of carbonyl (C=O) groups is 1. The second-order valence-corrected chi connectivity index (χ2v) is 16.2. The van der Waals surface area contributed by atoms with Crippen molar-refractivity contribution in [2.24, 2.45) is 5.41 Å². The number of ether oxygens (including phenoxy) is 4. The van der Waals surface area contributed by atoms with Gasteiger partial charge in [-0.3, -0.25) is 14.2 Å². The molecule has 5 atom stereocenters. The number of alkyl halides is 1. The molecule has 7 nitrogen and oxygen atoms in total. The van der Waals surface area contributed by atoms with E-state index in [9.17, 15) is 18.0 Å². The number of morpholine rings is 1. The Hall–Kier alpha value is -4.22. The predicted molar refractivity (Wildman–Crippen MR) is 208 cm³/mol. The first-order chi connectivity index (χ1) is 26.2. The molecule has 5 rings (SSSR count). The molecule has 0 N–H and O–H groups in total. The van der Waals surface area contributed by atoms with Gasteiger partial charge in [0.15, 0.2) is 6.29 Å². The van der Waals surface area contributed by atoms with Gasteiger partial charge < -0.3 is 18.9 Å². The van der Waals surface area contributed by atoms with Crippen LogP contribution in [0.15, 0.2) is 109 Å². The first kappa shape index (κ1) is 41.9. The number of amides is 1. The van der Waals surface area contributed by atoms with Crippen LogP contribution in [-0.4, -0.2) is 71.9 Å². The molecule has 55 heavy (non-hydrogen) atoms. The number of hydrogen-bond donors (Lipinski definition) is 0. The van der Waals surface area contributed by atoms with Crippen LogP contribution >= 0.6 is 0 Å². The largest absolute Gasteiger partial charge is 0.444 e. The van der Waals surface area contributed by atoms with Crippen LogP contribution in [0.5, 0.6) is 0 Å². The van der Waals surface area contributed by atoms with Gasteiger partial charge >= 0.3 is 6.09 Å². The summed E-state index contributed by atoms with van der Waals surface area (Å²) in [5.41, 5.74) is 1.79. The highest BCUT2D eigenvalue weighted by atomic mass is 19.1. The maximum Gasteiger partial charge on any atom is 0.411 e. The minimum absolute atomic E-state index is 0.0116. The van der Waals surface area contributed by atoms with E-state index < -0.39 is 65.9 Å². The van der Waals surface area contributed by atoms with Crippen molar-refractivity contribution in [2.45, 2.75) is 104 Å². The fourth-order valence-corrected chi connectivity index (χ4v) is 6.84. The molecule has 5 unspecified atom stereocenters. The van der Waals surface area contributed by atoms with Crippen molar-refractivity contribution in [3.05, 3.63) is 143 Å². The molecule has 0 aromatic heterocycles. The normalized spacial score (nSPS) is 18.9. The molecule has 4 aromatic carbocycles. The minimum Gasteiger partial charge on any atom is -0.444 e. The van der Waals surface area contributed by atoms with Crippen molar-refractivity contribution >= 4 is 6.09 Å². The van der Waals surface area contributed by atoms with Crippen molar-refractivity contribution in [1.29, 1.82) is 0 Å². The Kier molecular flexibility index (Phi) is 14.6.